The summed E-state index contributed by atoms with van der Waals surface area (Å²) < 4.78 is 10.3. The summed E-state index contributed by atoms with van der Waals surface area (Å²) in [5.41, 5.74) is 1.75. The Morgan fingerprint density at radius 3 is 2.55 bits per heavy atom. The average molecular weight is 400 g/mol. The number of carbonyl (C=O) groups is 2. The van der Waals surface area contributed by atoms with Crippen molar-refractivity contribution in [3.63, 3.8) is 0 Å². The lowest BCUT2D eigenvalue weighted by Crippen LogP contribution is -2.45. The molecule has 0 aliphatic carbocycles. The maximum atomic E-state index is 13.1. The van der Waals surface area contributed by atoms with Crippen LogP contribution in [0.3, 0.4) is 0 Å². The van der Waals surface area contributed by atoms with Gasteiger partial charge in [0, 0.05) is 37.8 Å². The molecule has 0 saturated carbocycles. The summed E-state index contributed by atoms with van der Waals surface area (Å²) >= 11 is 0. The van der Waals surface area contributed by atoms with Gasteiger partial charge < -0.3 is 19.5 Å². The van der Waals surface area contributed by atoms with Gasteiger partial charge in [0.2, 0.25) is 5.91 Å². The van der Waals surface area contributed by atoms with Crippen molar-refractivity contribution < 1.29 is 18.8 Å². The Hall–Kier alpha value is -2.71. The number of nitrogens with one attached hydrogen (secondary N) is 1. The summed E-state index contributed by atoms with van der Waals surface area (Å²) in [6.07, 6.45) is 0.911. The van der Waals surface area contributed by atoms with Crippen molar-refractivity contribution in [3.8, 4) is 0 Å². The molecule has 0 spiro atoms. The number of hydrogen-bond donors (Lipinski definition) is 1. The molecule has 8 heteroatoms. The molecule has 0 atom stereocenters. The molecular weight excluding hydrogens is 372 g/mol. The third-order valence-electron chi connectivity index (χ3n) is 4.92. The van der Waals surface area contributed by atoms with Gasteiger partial charge in [-0.1, -0.05) is 24.2 Å². The topological polar surface area (TPSA) is 87.9 Å². The standard InChI is InChI=1S/C21H28N4O4/c1-3-17-4-6-18(7-5-17)21(27)25(9-8-24-10-12-28-13-11-24)15-20(26)22-19-14-16(2)29-23-19/h4-7,14H,3,8-13,15H2,1-2H3,(H,22,23,26). The van der Waals surface area contributed by atoms with E-state index in [4.69, 9.17) is 9.26 Å². The number of hydrogen-bond acceptors (Lipinski definition) is 6. The SMILES string of the molecule is CCc1ccc(C(=O)N(CCN2CCOCC2)CC(=O)Nc2cc(C)on2)cc1. The molecule has 2 aromatic rings. The average Bonchev–Trinajstić information content (AvgIpc) is 3.15. The van der Waals surface area contributed by atoms with Crippen LogP contribution in [-0.4, -0.2) is 72.7 Å². The Morgan fingerprint density at radius 1 is 1.21 bits per heavy atom. The maximum Gasteiger partial charge on any atom is 0.254 e. The van der Waals surface area contributed by atoms with Crippen LogP contribution in [0, 0.1) is 6.92 Å². The highest BCUT2D eigenvalue weighted by molar-refractivity contribution is 5.99. The molecule has 1 aliphatic rings. The van der Waals surface area contributed by atoms with E-state index in [0.29, 0.717) is 43.4 Å². The van der Waals surface area contributed by atoms with Crippen molar-refractivity contribution in [2.24, 2.45) is 0 Å². The van der Waals surface area contributed by atoms with E-state index in [9.17, 15) is 9.59 Å². The predicted octanol–water partition coefficient (Wildman–Crippen LogP) is 1.96. The van der Waals surface area contributed by atoms with E-state index < -0.39 is 0 Å². The van der Waals surface area contributed by atoms with Gasteiger partial charge in [-0.25, -0.2) is 0 Å². The molecule has 0 radical (unpaired) electrons. The van der Waals surface area contributed by atoms with Crippen LogP contribution >= 0.6 is 0 Å². The van der Waals surface area contributed by atoms with E-state index in [-0.39, 0.29) is 18.4 Å². The third-order valence-corrected chi connectivity index (χ3v) is 4.92. The number of benzene rings is 1. The molecule has 29 heavy (non-hydrogen) atoms. The normalized spacial score (nSPS) is 14.6. The molecule has 1 aromatic heterocycles. The first-order valence-corrected chi connectivity index (χ1v) is 9.96. The lowest BCUT2D eigenvalue weighted by atomic mass is 10.1. The quantitative estimate of drug-likeness (QED) is 0.729. The fourth-order valence-corrected chi connectivity index (χ4v) is 3.19. The predicted molar refractivity (Wildman–Crippen MR) is 109 cm³/mol. The van der Waals surface area contributed by atoms with Crippen molar-refractivity contribution in [1.29, 1.82) is 0 Å². The molecule has 0 bridgehead atoms. The van der Waals surface area contributed by atoms with Gasteiger partial charge in [-0.2, -0.15) is 0 Å². The molecular formula is C21H28N4O4. The summed E-state index contributed by atoms with van der Waals surface area (Å²) in [4.78, 5) is 29.4. The minimum Gasteiger partial charge on any atom is -0.379 e. The minimum absolute atomic E-state index is 0.0510. The van der Waals surface area contributed by atoms with Gasteiger partial charge in [0.05, 0.1) is 13.2 Å². The van der Waals surface area contributed by atoms with Crippen LogP contribution in [0.2, 0.25) is 0 Å². The van der Waals surface area contributed by atoms with Gasteiger partial charge in [-0.3, -0.25) is 14.5 Å². The smallest absolute Gasteiger partial charge is 0.254 e. The number of morpholine rings is 1. The van der Waals surface area contributed by atoms with Crippen molar-refractivity contribution in [2.45, 2.75) is 20.3 Å². The van der Waals surface area contributed by atoms with E-state index >= 15 is 0 Å². The van der Waals surface area contributed by atoms with E-state index in [1.165, 1.54) is 5.56 Å². The molecule has 156 valence electrons. The van der Waals surface area contributed by atoms with Crippen LogP contribution < -0.4 is 5.32 Å². The molecule has 0 unspecified atom stereocenters. The molecule has 1 N–H and O–H groups in total. The zero-order valence-electron chi connectivity index (χ0n) is 17.0. The van der Waals surface area contributed by atoms with Crippen molar-refractivity contribution in [3.05, 3.63) is 47.2 Å². The number of aryl methyl sites for hydroxylation is 2. The monoisotopic (exact) mass is 400 g/mol. The molecule has 1 aromatic carbocycles. The number of anilines is 1. The first kappa shape index (κ1) is 21.0. The highest BCUT2D eigenvalue weighted by Crippen LogP contribution is 2.11. The molecule has 2 heterocycles. The minimum atomic E-state index is -0.307. The van der Waals surface area contributed by atoms with Gasteiger partial charge in [0.1, 0.15) is 12.3 Å². The number of ether oxygens (including phenoxy) is 1. The van der Waals surface area contributed by atoms with Crippen LogP contribution in [0.4, 0.5) is 5.82 Å². The summed E-state index contributed by atoms with van der Waals surface area (Å²) in [5.74, 6) is 0.489. The Labute approximate surface area is 170 Å². The third kappa shape index (κ3) is 6.13. The Kier molecular flexibility index (Phi) is 7.37. The molecule has 1 saturated heterocycles. The van der Waals surface area contributed by atoms with Crippen LogP contribution in [0.5, 0.6) is 0 Å². The van der Waals surface area contributed by atoms with Gasteiger partial charge in [-0.15, -0.1) is 0 Å². The fourth-order valence-electron chi connectivity index (χ4n) is 3.19. The van der Waals surface area contributed by atoms with E-state index in [1.54, 1.807) is 17.9 Å². The molecule has 8 nitrogen and oxygen atoms in total. The number of carbonyl (C=O) groups excluding carboxylic acids is 2. The second kappa shape index (κ2) is 10.2. The van der Waals surface area contributed by atoms with Crippen LogP contribution in [-0.2, 0) is 16.0 Å². The summed E-state index contributed by atoms with van der Waals surface area (Å²) in [5, 5.41) is 6.46. The fraction of sp³-hybridized carbons (Fsp3) is 0.476. The van der Waals surface area contributed by atoms with Crippen molar-refractivity contribution in [1.82, 2.24) is 15.0 Å². The summed E-state index contributed by atoms with van der Waals surface area (Å²) in [6.45, 7) is 7.97. The Morgan fingerprint density at radius 2 is 1.93 bits per heavy atom. The van der Waals surface area contributed by atoms with Crippen LogP contribution in [0.15, 0.2) is 34.9 Å². The second-order valence-electron chi connectivity index (χ2n) is 7.10. The first-order chi connectivity index (χ1) is 14.0. The highest BCUT2D eigenvalue weighted by Gasteiger charge is 2.21. The van der Waals surface area contributed by atoms with Crippen LogP contribution in [0.25, 0.3) is 0 Å². The van der Waals surface area contributed by atoms with Crippen molar-refractivity contribution >= 4 is 17.6 Å². The Balaban J connectivity index is 1.66. The molecule has 1 fully saturated rings. The van der Waals surface area contributed by atoms with Gasteiger partial charge in [-0.05, 0) is 31.0 Å². The number of nitrogens with zero attached hydrogens (tertiary/aromatic N) is 3. The van der Waals surface area contributed by atoms with Gasteiger partial charge >= 0.3 is 0 Å². The lowest BCUT2D eigenvalue weighted by Gasteiger charge is -2.30. The molecule has 3 rings (SSSR count). The number of rotatable bonds is 8. The molecule has 2 amide bonds. The largest absolute Gasteiger partial charge is 0.379 e. The zero-order valence-corrected chi connectivity index (χ0v) is 17.0. The van der Waals surface area contributed by atoms with E-state index in [2.05, 4.69) is 22.3 Å². The first-order valence-electron chi connectivity index (χ1n) is 9.96. The van der Waals surface area contributed by atoms with Gasteiger partial charge in [0.25, 0.3) is 5.91 Å². The maximum absolute atomic E-state index is 13.1. The van der Waals surface area contributed by atoms with Crippen LogP contribution in [0.1, 0.15) is 28.6 Å². The number of amides is 2. The highest BCUT2D eigenvalue weighted by atomic mass is 16.5. The van der Waals surface area contributed by atoms with E-state index in [1.807, 2.05) is 24.3 Å². The molecule has 1 aliphatic heterocycles. The number of aromatic nitrogens is 1. The Bertz CT molecular complexity index is 812. The zero-order chi connectivity index (χ0) is 20.6. The van der Waals surface area contributed by atoms with Gasteiger partial charge in [0.15, 0.2) is 5.82 Å². The van der Waals surface area contributed by atoms with E-state index in [0.717, 1.165) is 19.5 Å². The lowest BCUT2D eigenvalue weighted by molar-refractivity contribution is -0.117. The summed E-state index contributed by atoms with van der Waals surface area (Å²) in [7, 11) is 0. The van der Waals surface area contributed by atoms with Crippen molar-refractivity contribution in [2.75, 3.05) is 51.3 Å². The second-order valence-corrected chi connectivity index (χ2v) is 7.10. The summed E-state index contributed by atoms with van der Waals surface area (Å²) in [6, 6.07) is 9.18.